The van der Waals surface area contributed by atoms with Crippen molar-refractivity contribution in [3.8, 4) is 0 Å². The van der Waals surface area contributed by atoms with Gasteiger partial charge in [-0.25, -0.2) is 0 Å². The fraction of sp³-hybridized carbons (Fsp3) is 0.500. The van der Waals surface area contributed by atoms with E-state index in [-0.39, 0.29) is 11.3 Å². The molecule has 1 unspecified atom stereocenters. The molecule has 1 aromatic carbocycles. The molecule has 3 heteroatoms. The monoisotopic (exact) mass is 249 g/mol. The SMILES string of the molecule is CC(=O)N1CCSC1c1ccc(C(C)C)cc1. The second-order valence-corrected chi connectivity index (χ2v) is 5.95. The van der Waals surface area contributed by atoms with Crippen molar-refractivity contribution in [3.05, 3.63) is 35.4 Å². The molecule has 0 radical (unpaired) electrons. The van der Waals surface area contributed by atoms with Gasteiger partial charge in [0.2, 0.25) is 5.91 Å². The van der Waals surface area contributed by atoms with Crippen LogP contribution < -0.4 is 0 Å². The van der Waals surface area contributed by atoms with Gasteiger partial charge in [-0.05, 0) is 17.0 Å². The molecule has 1 saturated heterocycles. The summed E-state index contributed by atoms with van der Waals surface area (Å²) in [5.74, 6) is 1.77. The normalized spacial score (nSPS) is 20.0. The number of nitrogens with zero attached hydrogens (tertiary/aromatic N) is 1. The molecule has 0 bridgehead atoms. The van der Waals surface area contributed by atoms with Gasteiger partial charge in [0, 0.05) is 19.2 Å². The lowest BCUT2D eigenvalue weighted by atomic mass is 10.0. The van der Waals surface area contributed by atoms with E-state index < -0.39 is 0 Å². The smallest absolute Gasteiger partial charge is 0.220 e. The predicted octanol–water partition coefficient (Wildman–Crippen LogP) is 3.40. The van der Waals surface area contributed by atoms with E-state index in [4.69, 9.17) is 0 Å². The van der Waals surface area contributed by atoms with Crippen LogP contribution in [-0.4, -0.2) is 23.1 Å². The number of thioether (sulfide) groups is 1. The summed E-state index contributed by atoms with van der Waals surface area (Å²) in [5.41, 5.74) is 2.60. The minimum atomic E-state index is 0.174. The van der Waals surface area contributed by atoms with Gasteiger partial charge in [0.15, 0.2) is 0 Å². The van der Waals surface area contributed by atoms with Crippen molar-refractivity contribution in [1.29, 1.82) is 0 Å². The van der Waals surface area contributed by atoms with E-state index >= 15 is 0 Å². The Bertz CT molecular complexity index is 399. The molecule has 0 N–H and O–H groups in total. The largest absolute Gasteiger partial charge is 0.326 e. The Morgan fingerprint density at radius 2 is 2.00 bits per heavy atom. The highest BCUT2D eigenvalue weighted by molar-refractivity contribution is 7.99. The summed E-state index contributed by atoms with van der Waals surface area (Å²) in [4.78, 5) is 13.5. The van der Waals surface area contributed by atoms with E-state index in [9.17, 15) is 4.79 Å². The first-order chi connectivity index (χ1) is 8.09. The maximum Gasteiger partial charge on any atom is 0.220 e. The Morgan fingerprint density at radius 3 is 2.53 bits per heavy atom. The van der Waals surface area contributed by atoms with Crippen LogP contribution in [0.25, 0.3) is 0 Å². The molecule has 1 heterocycles. The van der Waals surface area contributed by atoms with Crippen LogP contribution in [0.2, 0.25) is 0 Å². The standard InChI is InChI=1S/C14H19NOS/c1-10(2)12-4-6-13(7-5-12)14-15(11(3)16)8-9-17-14/h4-7,10,14H,8-9H2,1-3H3. The maximum atomic E-state index is 11.5. The van der Waals surface area contributed by atoms with Gasteiger partial charge in [0.05, 0.1) is 0 Å². The van der Waals surface area contributed by atoms with Crippen LogP contribution in [0.3, 0.4) is 0 Å². The molecular formula is C14H19NOS. The highest BCUT2D eigenvalue weighted by atomic mass is 32.2. The highest BCUT2D eigenvalue weighted by Crippen LogP contribution is 2.38. The fourth-order valence-electron chi connectivity index (χ4n) is 2.11. The van der Waals surface area contributed by atoms with Gasteiger partial charge >= 0.3 is 0 Å². The molecule has 17 heavy (non-hydrogen) atoms. The van der Waals surface area contributed by atoms with E-state index in [1.807, 2.05) is 16.7 Å². The fourth-order valence-corrected chi connectivity index (χ4v) is 3.42. The van der Waals surface area contributed by atoms with Crippen molar-refractivity contribution in [1.82, 2.24) is 4.90 Å². The second-order valence-electron chi connectivity index (χ2n) is 4.76. The molecule has 0 saturated carbocycles. The minimum Gasteiger partial charge on any atom is -0.326 e. The average Bonchev–Trinajstić information content (AvgIpc) is 2.78. The first kappa shape index (κ1) is 12.5. The lowest BCUT2D eigenvalue weighted by Crippen LogP contribution is -2.27. The topological polar surface area (TPSA) is 20.3 Å². The molecular weight excluding hydrogens is 230 g/mol. The zero-order valence-electron chi connectivity index (χ0n) is 10.6. The molecule has 1 aliphatic rings. The third-order valence-electron chi connectivity index (χ3n) is 3.18. The van der Waals surface area contributed by atoms with Crippen LogP contribution in [0.4, 0.5) is 0 Å². The summed E-state index contributed by atoms with van der Waals surface area (Å²) in [6, 6.07) is 8.68. The predicted molar refractivity (Wildman–Crippen MR) is 73.1 cm³/mol. The van der Waals surface area contributed by atoms with Gasteiger partial charge in [-0.2, -0.15) is 0 Å². The Hall–Kier alpha value is -0.960. The third-order valence-corrected chi connectivity index (χ3v) is 4.44. The summed E-state index contributed by atoms with van der Waals surface area (Å²) in [6.45, 7) is 6.92. The lowest BCUT2D eigenvalue weighted by molar-refractivity contribution is -0.128. The zero-order valence-corrected chi connectivity index (χ0v) is 11.5. The molecule has 1 atom stereocenters. The first-order valence-electron chi connectivity index (χ1n) is 6.08. The van der Waals surface area contributed by atoms with Crippen molar-refractivity contribution >= 4 is 17.7 Å². The summed E-state index contributed by atoms with van der Waals surface area (Å²) in [7, 11) is 0. The van der Waals surface area contributed by atoms with Gasteiger partial charge in [-0.1, -0.05) is 38.1 Å². The van der Waals surface area contributed by atoms with Gasteiger partial charge in [0.25, 0.3) is 0 Å². The summed E-state index contributed by atoms with van der Waals surface area (Å²) >= 11 is 1.85. The van der Waals surface area contributed by atoms with E-state index in [1.54, 1.807) is 6.92 Å². The van der Waals surface area contributed by atoms with Crippen LogP contribution >= 0.6 is 11.8 Å². The zero-order chi connectivity index (χ0) is 12.4. The number of carbonyl (C=O) groups excluding carboxylic acids is 1. The number of amides is 1. The van der Waals surface area contributed by atoms with Crippen molar-refractivity contribution in [2.45, 2.75) is 32.1 Å². The van der Waals surface area contributed by atoms with Crippen molar-refractivity contribution in [2.75, 3.05) is 12.3 Å². The average molecular weight is 249 g/mol. The Labute approximate surface area is 107 Å². The van der Waals surface area contributed by atoms with Crippen LogP contribution in [0.5, 0.6) is 0 Å². The number of hydrogen-bond acceptors (Lipinski definition) is 2. The van der Waals surface area contributed by atoms with Gasteiger partial charge in [-0.15, -0.1) is 11.8 Å². The molecule has 2 rings (SSSR count). The first-order valence-corrected chi connectivity index (χ1v) is 7.13. The van der Waals surface area contributed by atoms with Crippen molar-refractivity contribution in [2.24, 2.45) is 0 Å². The van der Waals surface area contributed by atoms with Crippen LogP contribution in [0.15, 0.2) is 24.3 Å². The summed E-state index contributed by atoms with van der Waals surface area (Å²) in [6.07, 6.45) is 0. The quantitative estimate of drug-likeness (QED) is 0.800. The minimum absolute atomic E-state index is 0.174. The van der Waals surface area contributed by atoms with Gasteiger partial charge < -0.3 is 4.90 Å². The Kier molecular flexibility index (Phi) is 3.77. The highest BCUT2D eigenvalue weighted by Gasteiger charge is 2.28. The van der Waals surface area contributed by atoms with Crippen molar-refractivity contribution in [3.63, 3.8) is 0 Å². The molecule has 1 aromatic rings. The molecule has 0 spiro atoms. The molecule has 92 valence electrons. The molecule has 1 fully saturated rings. The summed E-state index contributed by atoms with van der Waals surface area (Å²) < 4.78 is 0. The number of rotatable bonds is 2. The van der Waals surface area contributed by atoms with E-state index in [0.717, 1.165) is 12.3 Å². The summed E-state index contributed by atoms with van der Waals surface area (Å²) in [5, 5.41) is 0.216. The molecule has 0 aliphatic carbocycles. The Balaban J connectivity index is 2.19. The number of benzene rings is 1. The molecule has 1 aliphatic heterocycles. The lowest BCUT2D eigenvalue weighted by Gasteiger charge is -2.22. The molecule has 1 amide bonds. The van der Waals surface area contributed by atoms with Crippen LogP contribution in [-0.2, 0) is 4.79 Å². The second kappa shape index (κ2) is 5.13. The van der Waals surface area contributed by atoms with Gasteiger partial charge in [0.1, 0.15) is 5.37 Å². The van der Waals surface area contributed by atoms with Crippen molar-refractivity contribution < 1.29 is 4.79 Å². The van der Waals surface area contributed by atoms with E-state index in [0.29, 0.717) is 5.92 Å². The van der Waals surface area contributed by atoms with E-state index in [1.165, 1.54) is 11.1 Å². The molecule has 0 aromatic heterocycles. The Morgan fingerprint density at radius 1 is 1.35 bits per heavy atom. The number of carbonyl (C=O) groups is 1. The molecule has 2 nitrogen and oxygen atoms in total. The van der Waals surface area contributed by atoms with Crippen LogP contribution in [0.1, 0.15) is 43.2 Å². The van der Waals surface area contributed by atoms with Gasteiger partial charge in [-0.3, -0.25) is 4.79 Å². The van der Waals surface area contributed by atoms with Crippen LogP contribution in [0, 0.1) is 0 Å². The third kappa shape index (κ3) is 2.65. The number of hydrogen-bond donors (Lipinski definition) is 0. The van der Waals surface area contributed by atoms with E-state index in [2.05, 4.69) is 38.1 Å². The maximum absolute atomic E-state index is 11.5.